The van der Waals surface area contributed by atoms with E-state index >= 15 is 0 Å². The first kappa shape index (κ1) is 14.1. The Balaban J connectivity index is 1.44. The molecule has 0 radical (unpaired) electrons. The minimum atomic E-state index is 0.776. The van der Waals surface area contributed by atoms with Crippen molar-refractivity contribution in [1.29, 1.82) is 0 Å². The molecular weight excluding hydrogens is 324 g/mol. The summed E-state index contributed by atoms with van der Waals surface area (Å²) >= 11 is 3.78. The minimum Gasteiger partial charge on any atom is -0.371 e. The van der Waals surface area contributed by atoms with Crippen LogP contribution in [0.3, 0.4) is 0 Å². The van der Waals surface area contributed by atoms with Crippen LogP contribution in [0.1, 0.15) is 44.1 Å². The number of nitrogens with zero attached hydrogens (tertiary/aromatic N) is 1. The van der Waals surface area contributed by atoms with Crippen LogP contribution >= 0.6 is 15.9 Å². The summed E-state index contributed by atoms with van der Waals surface area (Å²) in [6, 6.07) is 7.76. The quantitative estimate of drug-likeness (QED) is 0.752. The fourth-order valence-electron chi connectivity index (χ4n) is 2.93. The van der Waals surface area contributed by atoms with Gasteiger partial charge < -0.3 is 10.2 Å². The maximum Gasteiger partial charge on any atom is 0.0377 e. The maximum absolute atomic E-state index is 3.78. The second-order valence-corrected chi connectivity index (χ2v) is 8.08. The molecular formula is C18H25BrN2. The highest BCUT2D eigenvalue weighted by atomic mass is 79.9. The average molecular weight is 349 g/mol. The molecule has 0 aromatic heterocycles. The molecule has 21 heavy (non-hydrogen) atoms. The molecule has 0 bridgehead atoms. The van der Waals surface area contributed by atoms with Crippen molar-refractivity contribution in [2.24, 2.45) is 11.8 Å². The highest BCUT2D eigenvalue weighted by Crippen LogP contribution is 2.36. The summed E-state index contributed by atoms with van der Waals surface area (Å²) in [4.78, 5) is 2.64. The number of hydrogen-bond acceptors (Lipinski definition) is 2. The van der Waals surface area contributed by atoms with Crippen LogP contribution in [-0.2, 0) is 6.54 Å². The summed E-state index contributed by atoms with van der Waals surface area (Å²) < 4.78 is 1.27. The van der Waals surface area contributed by atoms with Crippen LogP contribution in [-0.4, -0.2) is 19.1 Å². The highest BCUT2D eigenvalue weighted by molar-refractivity contribution is 9.10. The number of hydrogen-bond donors (Lipinski definition) is 1. The molecule has 1 aromatic carbocycles. The Morgan fingerprint density at radius 3 is 2.19 bits per heavy atom. The van der Waals surface area contributed by atoms with Crippen molar-refractivity contribution in [3.63, 3.8) is 0 Å². The maximum atomic E-state index is 3.78. The summed E-state index contributed by atoms with van der Waals surface area (Å²) in [5.74, 6) is 1.91. The van der Waals surface area contributed by atoms with Gasteiger partial charge >= 0.3 is 0 Å². The van der Waals surface area contributed by atoms with Crippen molar-refractivity contribution < 1.29 is 0 Å². The van der Waals surface area contributed by atoms with Gasteiger partial charge in [0.15, 0.2) is 0 Å². The van der Waals surface area contributed by atoms with E-state index in [0.717, 1.165) is 24.4 Å². The van der Waals surface area contributed by atoms with Gasteiger partial charge in [-0.1, -0.05) is 22.0 Å². The van der Waals surface area contributed by atoms with Crippen molar-refractivity contribution >= 4 is 21.6 Å². The second-order valence-electron chi connectivity index (χ2n) is 7.22. The van der Waals surface area contributed by atoms with E-state index in [1.54, 1.807) is 0 Å². The van der Waals surface area contributed by atoms with Gasteiger partial charge in [-0.25, -0.2) is 0 Å². The summed E-state index contributed by atoms with van der Waals surface area (Å²) in [5.41, 5.74) is 2.80. The first-order chi connectivity index (χ1) is 10.3. The molecule has 114 valence electrons. The van der Waals surface area contributed by atoms with E-state index in [4.69, 9.17) is 0 Å². The fraction of sp³-hybridized carbons (Fsp3) is 0.667. The number of halogens is 1. The van der Waals surface area contributed by atoms with Gasteiger partial charge in [-0.05, 0) is 68.1 Å². The molecule has 0 aliphatic heterocycles. The van der Waals surface area contributed by atoms with E-state index in [-0.39, 0.29) is 0 Å². The van der Waals surface area contributed by atoms with Gasteiger partial charge in [0.25, 0.3) is 0 Å². The first-order valence-electron chi connectivity index (χ1n) is 8.54. The monoisotopic (exact) mass is 348 g/mol. The van der Waals surface area contributed by atoms with Gasteiger partial charge in [0.1, 0.15) is 0 Å². The molecule has 3 heteroatoms. The highest BCUT2D eigenvalue weighted by Gasteiger charge is 2.29. The number of anilines is 1. The smallest absolute Gasteiger partial charge is 0.0377 e. The molecule has 0 heterocycles. The molecule has 3 fully saturated rings. The third kappa shape index (κ3) is 4.01. The Morgan fingerprint density at radius 2 is 1.67 bits per heavy atom. The molecule has 0 saturated heterocycles. The Bertz CT molecular complexity index is 490. The topological polar surface area (TPSA) is 15.3 Å². The standard InChI is InChI=1S/C18H25BrN2/c19-18-9-17(8-5-15(18)10-20-16-6-7-16)21(11-13-1-2-13)12-14-3-4-14/h5,8-9,13-14,16,20H,1-4,6-7,10-12H2. The number of rotatable bonds is 8. The molecule has 0 unspecified atom stereocenters. The Labute approximate surface area is 136 Å². The minimum absolute atomic E-state index is 0.776. The van der Waals surface area contributed by atoms with Crippen molar-refractivity contribution in [2.45, 2.75) is 51.1 Å². The summed E-state index contributed by atoms with van der Waals surface area (Å²) in [7, 11) is 0. The van der Waals surface area contributed by atoms with Crippen molar-refractivity contribution in [1.82, 2.24) is 5.32 Å². The molecule has 3 saturated carbocycles. The third-order valence-electron chi connectivity index (χ3n) is 4.91. The Hall–Kier alpha value is -0.540. The zero-order valence-corrected chi connectivity index (χ0v) is 14.2. The van der Waals surface area contributed by atoms with E-state index in [9.17, 15) is 0 Å². The largest absolute Gasteiger partial charge is 0.371 e. The van der Waals surface area contributed by atoms with E-state index < -0.39 is 0 Å². The third-order valence-corrected chi connectivity index (χ3v) is 5.65. The van der Waals surface area contributed by atoms with Crippen LogP contribution in [0.25, 0.3) is 0 Å². The lowest BCUT2D eigenvalue weighted by Gasteiger charge is -2.25. The van der Waals surface area contributed by atoms with Gasteiger partial charge in [-0.15, -0.1) is 0 Å². The van der Waals surface area contributed by atoms with Gasteiger partial charge in [0.2, 0.25) is 0 Å². The molecule has 0 atom stereocenters. The van der Waals surface area contributed by atoms with Crippen LogP contribution < -0.4 is 10.2 Å². The van der Waals surface area contributed by atoms with Crippen molar-refractivity contribution in [3.8, 4) is 0 Å². The first-order valence-corrected chi connectivity index (χ1v) is 9.34. The Morgan fingerprint density at radius 1 is 1.00 bits per heavy atom. The lowest BCUT2D eigenvalue weighted by atomic mass is 10.1. The lowest BCUT2D eigenvalue weighted by molar-refractivity contribution is 0.675. The summed E-state index contributed by atoms with van der Waals surface area (Å²) in [5, 5.41) is 3.60. The second kappa shape index (κ2) is 5.92. The van der Waals surface area contributed by atoms with Crippen LogP contribution in [0, 0.1) is 11.8 Å². The molecule has 0 spiro atoms. The zero-order chi connectivity index (χ0) is 14.2. The summed E-state index contributed by atoms with van der Waals surface area (Å²) in [6.07, 6.45) is 8.45. The predicted octanol–water partition coefficient (Wildman–Crippen LogP) is 4.33. The van der Waals surface area contributed by atoms with Crippen LogP contribution in [0.5, 0.6) is 0 Å². The average Bonchev–Trinajstić information content (AvgIpc) is 3.34. The van der Waals surface area contributed by atoms with E-state index in [0.29, 0.717) is 0 Å². The van der Waals surface area contributed by atoms with E-state index in [2.05, 4.69) is 44.3 Å². The van der Waals surface area contributed by atoms with Gasteiger partial charge in [0.05, 0.1) is 0 Å². The Kier molecular flexibility index (Phi) is 3.97. The molecule has 3 aliphatic carbocycles. The van der Waals surface area contributed by atoms with Gasteiger partial charge in [-0.2, -0.15) is 0 Å². The normalized spacial score (nSPS) is 21.6. The molecule has 1 aromatic rings. The molecule has 1 N–H and O–H groups in total. The van der Waals surface area contributed by atoms with Gasteiger partial charge in [-0.3, -0.25) is 0 Å². The number of benzene rings is 1. The number of nitrogens with one attached hydrogen (secondary N) is 1. The van der Waals surface area contributed by atoms with E-state index in [1.807, 2.05) is 0 Å². The molecule has 2 nitrogen and oxygen atoms in total. The molecule has 0 amide bonds. The van der Waals surface area contributed by atoms with Crippen molar-refractivity contribution in [3.05, 3.63) is 28.2 Å². The zero-order valence-electron chi connectivity index (χ0n) is 12.7. The lowest BCUT2D eigenvalue weighted by Crippen LogP contribution is -2.28. The van der Waals surface area contributed by atoms with Crippen LogP contribution in [0.2, 0.25) is 0 Å². The summed E-state index contributed by atoms with van der Waals surface area (Å²) in [6.45, 7) is 3.53. The van der Waals surface area contributed by atoms with Crippen LogP contribution in [0.4, 0.5) is 5.69 Å². The SMILES string of the molecule is Brc1cc(N(CC2CC2)CC2CC2)ccc1CNC1CC1. The molecule has 3 aliphatic rings. The van der Waals surface area contributed by atoms with E-state index in [1.165, 1.54) is 67.3 Å². The van der Waals surface area contributed by atoms with Gasteiger partial charge in [0, 0.05) is 35.8 Å². The molecule has 4 rings (SSSR count). The fourth-order valence-corrected chi connectivity index (χ4v) is 3.43. The van der Waals surface area contributed by atoms with Crippen LogP contribution in [0.15, 0.2) is 22.7 Å². The van der Waals surface area contributed by atoms with Crippen molar-refractivity contribution in [2.75, 3.05) is 18.0 Å². The predicted molar refractivity (Wildman–Crippen MR) is 91.7 cm³/mol.